The van der Waals surface area contributed by atoms with Crippen LogP contribution in [0.15, 0.2) is 78.4 Å². The summed E-state index contributed by atoms with van der Waals surface area (Å²) >= 11 is 6.07. The second-order valence-electron chi connectivity index (χ2n) is 7.90. The van der Waals surface area contributed by atoms with Gasteiger partial charge in [0.05, 0.1) is 19.9 Å². The van der Waals surface area contributed by atoms with Crippen molar-refractivity contribution in [2.24, 2.45) is 0 Å². The highest BCUT2D eigenvalue weighted by Gasteiger charge is 2.42. The molecule has 1 aliphatic heterocycles. The average Bonchev–Trinajstić information content (AvgIpc) is 2.85. The van der Waals surface area contributed by atoms with E-state index in [1.165, 1.54) is 12.0 Å². The molecule has 1 unspecified atom stereocenters. The van der Waals surface area contributed by atoms with Crippen LogP contribution >= 0.6 is 11.6 Å². The van der Waals surface area contributed by atoms with E-state index >= 15 is 0 Å². The minimum Gasteiger partial charge on any atom is -0.497 e. The third-order valence-electron chi connectivity index (χ3n) is 5.73. The molecule has 1 saturated heterocycles. The quantitative estimate of drug-likeness (QED) is 0.490. The summed E-state index contributed by atoms with van der Waals surface area (Å²) in [7, 11) is 3.08. The molecule has 7 heteroatoms. The molecule has 0 radical (unpaired) electrons. The highest BCUT2D eigenvalue weighted by Crippen LogP contribution is 2.36. The summed E-state index contributed by atoms with van der Waals surface area (Å²) in [5, 5.41) is 0.553. The fraction of sp³-hybridized carbons (Fsp3) is 0.185. The first-order valence-corrected chi connectivity index (χ1v) is 11.1. The molecule has 0 saturated carbocycles. The Hall–Kier alpha value is -3.77. The van der Waals surface area contributed by atoms with Crippen molar-refractivity contribution in [3.8, 4) is 11.5 Å². The standard InChI is InChI=1S/C27H25ClN2O4/c1-18(15-19-7-5-4-6-8-19)26-27(32)29(23-14-13-22(33-2)16-24(23)34-3)17-25(31)30(26)21-11-9-20(28)10-12-21/h4-16,26H,17H2,1-3H3. The van der Waals surface area contributed by atoms with E-state index in [4.69, 9.17) is 21.1 Å². The van der Waals surface area contributed by atoms with Crippen molar-refractivity contribution < 1.29 is 19.1 Å². The maximum absolute atomic E-state index is 14.0. The molecule has 174 valence electrons. The number of halogens is 1. The van der Waals surface area contributed by atoms with Crippen LogP contribution in [0.4, 0.5) is 11.4 Å². The smallest absolute Gasteiger partial charge is 0.255 e. The van der Waals surface area contributed by atoms with Gasteiger partial charge in [-0.05, 0) is 54.5 Å². The van der Waals surface area contributed by atoms with E-state index in [0.717, 1.165) is 11.1 Å². The Kier molecular flexibility index (Phi) is 6.89. The zero-order valence-corrected chi connectivity index (χ0v) is 20.0. The zero-order valence-electron chi connectivity index (χ0n) is 19.2. The number of amides is 2. The molecule has 1 fully saturated rings. The van der Waals surface area contributed by atoms with Crippen molar-refractivity contribution in [1.29, 1.82) is 0 Å². The number of anilines is 2. The average molecular weight is 477 g/mol. The van der Waals surface area contributed by atoms with Crippen LogP contribution in [0, 0.1) is 0 Å². The van der Waals surface area contributed by atoms with Gasteiger partial charge in [0.2, 0.25) is 5.91 Å². The van der Waals surface area contributed by atoms with E-state index in [1.54, 1.807) is 54.5 Å². The lowest BCUT2D eigenvalue weighted by atomic mass is 9.98. The molecule has 0 bridgehead atoms. The number of hydrogen-bond acceptors (Lipinski definition) is 4. The van der Waals surface area contributed by atoms with Crippen LogP contribution in [-0.2, 0) is 9.59 Å². The van der Waals surface area contributed by atoms with Crippen LogP contribution in [0.5, 0.6) is 11.5 Å². The van der Waals surface area contributed by atoms with Crippen molar-refractivity contribution in [2.75, 3.05) is 30.6 Å². The van der Waals surface area contributed by atoms with Crippen LogP contribution in [0.2, 0.25) is 5.02 Å². The number of piperazine rings is 1. The molecular weight excluding hydrogens is 452 g/mol. The van der Waals surface area contributed by atoms with Crippen molar-refractivity contribution in [1.82, 2.24) is 0 Å². The van der Waals surface area contributed by atoms with Crippen molar-refractivity contribution in [3.63, 3.8) is 0 Å². The number of ether oxygens (including phenoxy) is 2. The summed E-state index contributed by atoms with van der Waals surface area (Å²) in [6.07, 6.45) is 1.92. The molecule has 0 aromatic heterocycles. The minimum absolute atomic E-state index is 0.126. The van der Waals surface area contributed by atoms with E-state index < -0.39 is 6.04 Å². The number of methoxy groups -OCH3 is 2. The number of rotatable bonds is 6. The van der Waals surface area contributed by atoms with Gasteiger partial charge in [-0.1, -0.05) is 48.0 Å². The molecule has 3 aromatic rings. The predicted molar refractivity (Wildman–Crippen MR) is 135 cm³/mol. The van der Waals surface area contributed by atoms with Gasteiger partial charge in [0.25, 0.3) is 5.91 Å². The SMILES string of the molecule is COc1ccc(N2CC(=O)N(c3ccc(Cl)cc3)C(C(C)=Cc3ccccc3)C2=O)c(OC)c1. The van der Waals surface area contributed by atoms with Gasteiger partial charge in [-0.2, -0.15) is 0 Å². The highest BCUT2D eigenvalue weighted by atomic mass is 35.5. The maximum Gasteiger partial charge on any atom is 0.255 e. The Morgan fingerprint density at radius 1 is 0.971 bits per heavy atom. The molecule has 0 spiro atoms. The molecule has 6 nitrogen and oxygen atoms in total. The maximum atomic E-state index is 14.0. The lowest BCUT2D eigenvalue weighted by Crippen LogP contribution is -2.61. The summed E-state index contributed by atoms with van der Waals surface area (Å²) < 4.78 is 10.8. The Morgan fingerprint density at radius 2 is 1.68 bits per heavy atom. The summed E-state index contributed by atoms with van der Waals surface area (Å²) in [5.74, 6) is 0.591. The van der Waals surface area contributed by atoms with Crippen LogP contribution in [0.1, 0.15) is 12.5 Å². The lowest BCUT2D eigenvalue weighted by Gasteiger charge is -2.41. The van der Waals surface area contributed by atoms with Gasteiger partial charge in [0, 0.05) is 16.8 Å². The van der Waals surface area contributed by atoms with Crippen molar-refractivity contribution in [2.45, 2.75) is 13.0 Å². The first-order valence-electron chi connectivity index (χ1n) is 10.8. The first-order chi connectivity index (χ1) is 16.4. The van der Waals surface area contributed by atoms with E-state index in [2.05, 4.69) is 0 Å². The monoisotopic (exact) mass is 476 g/mol. The van der Waals surface area contributed by atoms with Gasteiger partial charge in [0.15, 0.2) is 0 Å². The highest BCUT2D eigenvalue weighted by molar-refractivity contribution is 6.30. The molecular formula is C27H25ClN2O4. The number of benzene rings is 3. The molecule has 1 atom stereocenters. The van der Waals surface area contributed by atoms with Gasteiger partial charge in [-0.15, -0.1) is 0 Å². The van der Waals surface area contributed by atoms with Crippen LogP contribution in [0.3, 0.4) is 0 Å². The van der Waals surface area contributed by atoms with Gasteiger partial charge in [-0.3, -0.25) is 19.4 Å². The fourth-order valence-corrected chi connectivity index (χ4v) is 4.21. The third kappa shape index (κ3) is 4.63. The largest absolute Gasteiger partial charge is 0.497 e. The molecule has 0 N–H and O–H groups in total. The molecule has 4 rings (SSSR count). The Morgan fingerprint density at radius 3 is 2.32 bits per heavy atom. The molecule has 1 heterocycles. The fourth-order valence-electron chi connectivity index (χ4n) is 4.09. The number of carbonyl (C=O) groups is 2. The van der Waals surface area contributed by atoms with Gasteiger partial charge in [-0.25, -0.2) is 0 Å². The summed E-state index contributed by atoms with van der Waals surface area (Å²) in [6, 6.07) is 20.9. The topological polar surface area (TPSA) is 59.1 Å². The second-order valence-corrected chi connectivity index (χ2v) is 8.34. The number of nitrogens with zero attached hydrogens (tertiary/aromatic N) is 2. The normalized spacial score (nSPS) is 16.6. The summed E-state index contributed by atoms with van der Waals surface area (Å²) in [5.41, 5.74) is 2.79. The van der Waals surface area contributed by atoms with Crippen LogP contribution < -0.4 is 19.3 Å². The number of carbonyl (C=O) groups excluding carboxylic acids is 2. The lowest BCUT2D eigenvalue weighted by molar-refractivity contribution is -0.127. The Bertz CT molecular complexity index is 1230. The van der Waals surface area contributed by atoms with Gasteiger partial charge >= 0.3 is 0 Å². The second kappa shape index (κ2) is 10.0. The van der Waals surface area contributed by atoms with Gasteiger partial charge in [0.1, 0.15) is 24.1 Å². The third-order valence-corrected chi connectivity index (χ3v) is 5.98. The molecule has 2 amide bonds. The van der Waals surface area contributed by atoms with Crippen LogP contribution in [-0.4, -0.2) is 38.6 Å². The number of hydrogen-bond donors (Lipinski definition) is 0. The van der Waals surface area contributed by atoms with E-state index in [-0.39, 0.29) is 18.4 Å². The minimum atomic E-state index is -0.838. The molecule has 3 aromatic carbocycles. The summed E-state index contributed by atoms with van der Waals surface area (Å²) in [4.78, 5) is 30.5. The van der Waals surface area contributed by atoms with Crippen molar-refractivity contribution in [3.05, 3.63) is 89.0 Å². The molecule has 1 aliphatic rings. The van der Waals surface area contributed by atoms with E-state index in [0.29, 0.717) is 27.9 Å². The Labute approximate surface area is 204 Å². The molecule has 0 aliphatic carbocycles. The van der Waals surface area contributed by atoms with Crippen LogP contribution in [0.25, 0.3) is 6.08 Å². The predicted octanol–water partition coefficient (Wildman–Crippen LogP) is 5.21. The van der Waals surface area contributed by atoms with Crippen molar-refractivity contribution >= 4 is 40.9 Å². The Balaban J connectivity index is 1.81. The first kappa shape index (κ1) is 23.4. The van der Waals surface area contributed by atoms with E-state index in [9.17, 15) is 9.59 Å². The summed E-state index contributed by atoms with van der Waals surface area (Å²) in [6.45, 7) is 1.74. The zero-order chi connectivity index (χ0) is 24.2. The van der Waals surface area contributed by atoms with E-state index in [1.807, 2.05) is 43.3 Å². The van der Waals surface area contributed by atoms with Gasteiger partial charge < -0.3 is 9.47 Å². The molecule has 34 heavy (non-hydrogen) atoms.